The zero-order chi connectivity index (χ0) is 17.2. The molecule has 2 aromatic rings. The number of halogens is 2. The Morgan fingerprint density at radius 3 is 1.29 bits per heavy atom. The van der Waals surface area contributed by atoms with Gasteiger partial charge in [-0.2, -0.15) is 0 Å². The SMILES string of the molecule is O=C1OC(=O)c2ccc3c(I)c2C(=O)OC(=O)c2c1ccc-3c2I. The second kappa shape index (κ2) is 5.34. The van der Waals surface area contributed by atoms with Crippen LogP contribution in [0.5, 0.6) is 0 Å². The average Bonchev–Trinajstić information content (AvgIpc) is 2.56. The summed E-state index contributed by atoms with van der Waals surface area (Å²) in [4.78, 5) is 49.5. The van der Waals surface area contributed by atoms with Crippen LogP contribution >= 0.6 is 45.2 Å². The summed E-state index contributed by atoms with van der Waals surface area (Å²) in [6, 6.07) is 6.10. The molecule has 0 radical (unpaired) electrons. The maximum Gasteiger partial charge on any atom is 0.348 e. The van der Waals surface area contributed by atoms with Crippen LogP contribution in [0, 0.1) is 7.14 Å². The molecule has 118 valence electrons. The second-order valence-electron chi connectivity index (χ2n) is 5.05. The summed E-state index contributed by atoms with van der Waals surface area (Å²) < 4.78 is 10.7. The van der Waals surface area contributed by atoms with E-state index in [9.17, 15) is 19.2 Å². The summed E-state index contributed by atoms with van der Waals surface area (Å²) in [6.45, 7) is 0. The van der Waals surface area contributed by atoms with Gasteiger partial charge < -0.3 is 9.47 Å². The molecule has 6 nitrogen and oxygen atoms in total. The number of carbonyl (C=O) groups is 4. The van der Waals surface area contributed by atoms with Crippen molar-refractivity contribution in [2.45, 2.75) is 0 Å². The minimum Gasteiger partial charge on any atom is -0.386 e. The molecule has 0 fully saturated rings. The van der Waals surface area contributed by atoms with Crippen LogP contribution in [0.3, 0.4) is 0 Å². The number of ether oxygens (including phenoxy) is 2. The van der Waals surface area contributed by atoms with Gasteiger partial charge >= 0.3 is 23.9 Å². The first-order valence-corrected chi connectivity index (χ1v) is 8.74. The van der Waals surface area contributed by atoms with Gasteiger partial charge in [-0.25, -0.2) is 19.2 Å². The zero-order valence-electron chi connectivity index (χ0n) is 11.5. The highest BCUT2D eigenvalue weighted by atomic mass is 127. The number of esters is 4. The lowest BCUT2D eigenvalue weighted by atomic mass is 9.97. The molecule has 24 heavy (non-hydrogen) atoms. The Morgan fingerprint density at radius 2 is 0.875 bits per heavy atom. The number of hydrogen-bond donors (Lipinski definition) is 0. The van der Waals surface area contributed by atoms with Crippen molar-refractivity contribution in [3.8, 4) is 11.1 Å². The van der Waals surface area contributed by atoms with Crippen molar-refractivity contribution < 1.29 is 28.7 Å². The molecule has 0 saturated heterocycles. The minimum absolute atomic E-state index is 0.0825. The first-order chi connectivity index (χ1) is 11.4. The molecule has 0 unspecified atom stereocenters. The summed E-state index contributed by atoms with van der Waals surface area (Å²) in [6.07, 6.45) is 0. The molecule has 0 atom stereocenters. The monoisotopic (exact) mass is 546 g/mol. The van der Waals surface area contributed by atoms with E-state index in [-0.39, 0.29) is 22.3 Å². The average molecular weight is 546 g/mol. The molecule has 0 spiro atoms. The quantitative estimate of drug-likeness (QED) is 0.287. The van der Waals surface area contributed by atoms with E-state index >= 15 is 0 Å². The van der Waals surface area contributed by atoms with E-state index in [1.165, 1.54) is 12.1 Å². The van der Waals surface area contributed by atoms with E-state index in [4.69, 9.17) is 9.47 Å². The van der Waals surface area contributed by atoms with Crippen LogP contribution in [0.2, 0.25) is 0 Å². The fourth-order valence-corrected chi connectivity index (χ4v) is 4.65. The normalized spacial score (nSPS) is 15.2. The zero-order valence-corrected chi connectivity index (χ0v) is 15.8. The van der Waals surface area contributed by atoms with Crippen LogP contribution in [0.25, 0.3) is 11.1 Å². The Hall–Kier alpha value is -1.82. The fourth-order valence-electron chi connectivity index (χ4n) is 2.69. The molecule has 2 aliphatic heterocycles. The van der Waals surface area contributed by atoms with Gasteiger partial charge in [-0.1, -0.05) is 12.1 Å². The van der Waals surface area contributed by atoms with E-state index in [1.54, 1.807) is 12.1 Å². The smallest absolute Gasteiger partial charge is 0.348 e. The third-order valence-electron chi connectivity index (χ3n) is 3.79. The summed E-state index contributed by atoms with van der Waals surface area (Å²) in [7, 11) is 0. The summed E-state index contributed by atoms with van der Waals surface area (Å²) in [5.74, 6) is -3.82. The molecule has 4 rings (SSSR count). The molecule has 2 aromatic carbocycles. The van der Waals surface area contributed by atoms with Crippen LogP contribution in [0.1, 0.15) is 41.4 Å². The fraction of sp³-hybridized carbons (Fsp3) is 0. The van der Waals surface area contributed by atoms with Crippen LogP contribution in [0.4, 0.5) is 0 Å². The van der Waals surface area contributed by atoms with Gasteiger partial charge in [-0.15, -0.1) is 0 Å². The Morgan fingerprint density at radius 1 is 0.542 bits per heavy atom. The second-order valence-corrected chi connectivity index (χ2v) is 7.21. The number of cyclic esters (lactones) is 2. The van der Waals surface area contributed by atoms with Crippen molar-refractivity contribution in [2.75, 3.05) is 0 Å². The van der Waals surface area contributed by atoms with E-state index in [1.807, 2.05) is 45.2 Å². The van der Waals surface area contributed by atoms with E-state index in [0.29, 0.717) is 18.3 Å². The van der Waals surface area contributed by atoms with Crippen molar-refractivity contribution in [1.29, 1.82) is 0 Å². The number of rotatable bonds is 0. The van der Waals surface area contributed by atoms with Crippen molar-refractivity contribution in [3.05, 3.63) is 53.7 Å². The lowest BCUT2D eigenvalue weighted by Gasteiger charge is -2.13. The van der Waals surface area contributed by atoms with Gasteiger partial charge in [0.05, 0.1) is 22.3 Å². The van der Waals surface area contributed by atoms with Gasteiger partial charge in [0.25, 0.3) is 0 Å². The van der Waals surface area contributed by atoms with Crippen molar-refractivity contribution in [2.24, 2.45) is 0 Å². The molecule has 2 heterocycles. The number of carbonyl (C=O) groups excluding carboxylic acids is 4. The number of benzene rings is 2. The summed E-state index contributed by atoms with van der Waals surface area (Å²) >= 11 is 3.84. The highest BCUT2D eigenvalue weighted by Gasteiger charge is 2.36. The molecule has 0 amide bonds. The lowest BCUT2D eigenvalue weighted by Crippen LogP contribution is -2.24. The minimum atomic E-state index is -0.962. The molecule has 0 aromatic heterocycles. The maximum atomic E-state index is 12.4. The van der Waals surface area contributed by atoms with Gasteiger partial charge in [0.15, 0.2) is 0 Å². The Labute approximate surface area is 161 Å². The van der Waals surface area contributed by atoms with E-state index < -0.39 is 23.9 Å². The molecule has 0 saturated carbocycles. The highest BCUT2D eigenvalue weighted by Crippen LogP contribution is 2.38. The Balaban J connectivity index is 2.28. The van der Waals surface area contributed by atoms with Gasteiger partial charge in [0.1, 0.15) is 0 Å². The predicted molar refractivity (Wildman–Crippen MR) is 96.8 cm³/mol. The van der Waals surface area contributed by atoms with Gasteiger partial charge in [0.2, 0.25) is 0 Å². The van der Waals surface area contributed by atoms with E-state index in [2.05, 4.69) is 0 Å². The first-order valence-electron chi connectivity index (χ1n) is 6.58. The Kier molecular flexibility index (Phi) is 3.49. The Bertz CT molecular complexity index is 929. The largest absolute Gasteiger partial charge is 0.386 e. The first kappa shape index (κ1) is 15.7. The molecular formula is C16H4I2O6. The molecule has 0 N–H and O–H groups in total. The molecule has 2 aliphatic rings. The molecule has 8 heteroatoms. The maximum absolute atomic E-state index is 12.4. The summed E-state index contributed by atoms with van der Waals surface area (Å²) in [5, 5.41) is 0. The van der Waals surface area contributed by atoms with Crippen LogP contribution < -0.4 is 0 Å². The van der Waals surface area contributed by atoms with Gasteiger partial charge in [0, 0.05) is 7.14 Å². The van der Waals surface area contributed by atoms with Crippen LogP contribution in [0.15, 0.2) is 24.3 Å². The third-order valence-corrected chi connectivity index (χ3v) is 6.03. The topological polar surface area (TPSA) is 86.7 Å². The van der Waals surface area contributed by atoms with Crippen molar-refractivity contribution in [3.63, 3.8) is 0 Å². The van der Waals surface area contributed by atoms with Gasteiger partial charge in [-0.05, 0) is 68.4 Å². The lowest BCUT2D eigenvalue weighted by molar-refractivity contribution is 0.0333. The van der Waals surface area contributed by atoms with Crippen molar-refractivity contribution in [1.82, 2.24) is 0 Å². The van der Waals surface area contributed by atoms with Gasteiger partial charge in [-0.3, -0.25) is 0 Å². The van der Waals surface area contributed by atoms with Crippen LogP contribution in [-0.4, -0.2) is 23.9 Å². The third kappa shape index (κ3) is 2.05. The molecule has 4 bridgehead atoms. The predicted octanol–water partition coefficient (Wildman–Crippen LogP) is 3.18. The molecular weight excluding hydrogens is 542 g/mol. The number of hydrogen-bond acceptors (Lipinski definition) is 6. The standard InChI is InChI=1S/C16H4I2O6/c17-11-5-1-3-7-9(11)15(21)24-16(22)10-8(14(20)23-13(7)19)4-2-6(5)12(10)18/h1-4H. The highest BCUT2D eigenvalue weighted by molar-refractivity contribution is 14.1. The van der Waals surface area contributed by atoms with Crippen LogP contribution in [-0.2, 0) is 9.47 Å². The summed E-state index contributed by atoms with van der Waals surface area (Å²) in [5.41, 5.74) is 0.938. The number of fused-ring (bicyclic) bond motifs is 5. The molecule has 0 aliphatic carbocycles. The van der Waals surface area contributed by atoms with E-state index in [0.717, 1.165) is 0 Å². The van der Waals surface area contributed by atoms with Crippen molar-refractivity contribution >= 4 is 69.1 Å².